The average molecular weight is 259 g/mol. The van der Waals surface area contributed by atoms with Crippen LogP contribution in [0.4, 0.5) is 0 Å². The number of likely N-dealkylation sites (tertiary alicyclic amines) is 1. The van der Waals surface area contributed by atoms with Gasteiger partial charge in [-0.2, -0.15) is 0 Å². The quantitative estimate of drug-likeness (QED) is 0.912. The van der Waals surface area contributed by atoms with Crippen LogP contribution in [0.15, 0.2) is 18.3 Å². The van der Waals surface area contributed by atoms with E-state index in [1.807, 2.05) is 12.3 Å². The third-order valence-electron chi connectivity index (χ3n) is 3.99. The van der Waals surface area contributed by atoms with Crippen LogP contribution in [0.25, 0.3) is 5.65 Å². The van der Waals surface area contributed by atoms with Gasteiger partial charge in [0, 0.05) is 18.8 Å². The number of nitrogens with two attached hydrogens (primary N) is 1. The van der Waals surface area contributed by atoms with E-state index in [1.165, 1.54) is 6.42 Å². The molecule has 2 N–H and O–H groups in total. The minimum atomic E-state index is 0.388. The first kappa shape index (κ1) is 12.6. The lowest BCUT2D eigenvalue weighted by atomic mass is 10.2. The Bertz CT molecular complexity index is 574. The Balaban J connectivity index is 2.01. The molecule has 0 saturated carbocycles. The fourth-order valence-electron chi connectivity index (χ4n) is 2.99. The summed E-state index contributed by atoms with van der Waals surface area (Å²) in [5.41, 5.74) is 7.66. The highest BCUT2D eigenvalue weighted by Crippen LogP contribution is 2.32. The Morgan fingerprint density at radius 2 is 2.26 bits per heavy atom. The van der Waals surface area contributed by atoms with Crippen LogP contribution >= 0.6 is 0 Å². The standard InChI is InChI=1S/C14H21N5/c1-10(2)18-6-3-4-12(18)14-17-16-13-8-11(9-15)5-7-19(13)14/h5,7-8,10,12H,3-4,6,9,15H2,1-2H3. The number of hydrogen-bond acceptors (Lipinski definition) is 4. The molecular formula is C14H21N5. The molecule has 2 aromatic heterocycles. The van der Waals surface area contributed by atoms with Gasteiger partial charge in [0.25, 0.3) is 0 Å². The van der Waals surface area contributed by atoms with Gasteiger partial charge in [-0.15, -0.1) is 10.2 Å². The van der Waals surface area contributed by atoms with Crippen LogP contribution in [0.3, 0.4) is 0 Å². The summed E-state index contributed by atoms with van der Waals surface area (Å²) in [5.74, 6) is 1.06. The van der Waals surface area contributed by atoms with Gasteiger partial charge in [0.1, 0.15) is 0 Å². The number of nitrogens with zero attached hydrogens (tertiary/aromatic N) is 4. The fourth-order valence-corrected chi connectivity index (χ4v) is 2.99. The summed E-state index contributed by atoms with van der Waals surface area (Å²) in [6.07, 6.45) is 4.44. The molecule has 1 unspecified atom stereocenters. The van der Waals surface area contributed by atoms with Gasteiger partial charge < -0.3 is 5.73 Å². The van der Waals surface area contributed by atoms with Crippen molar-refractivity contribution in [3.8, 4) is 0 Å². The summed E-state index contributed by atoms with van der Waals surface area (Å²) >= 11 is 0. The molecule has 0 aromatic carbocycles. The third-order valence-corrected chi connectivity index (χ3v) is 3.99. The smallest absolute Gasteiger partial charge is 0.161 e. The van der Waals surface area contributed by atoms with Gasteiger partial charge in [0.05, 0.1) is 6.04 Å². The molecule has 1 atom stereocenters. The predicted octanol–water partition coefficient (Wildman–Crippen LogP) is 1.73. The molecule has 1 aliphatic heterocycles. The summed E-state index contributed by atoms with van der Waals surface area (Å²) in [5, 5.41) is 8.71. The molecule has 0 bridgehead atoms. The minimum Gasteiger partial charge on any atom is -0.326 e. The number of aromatic nitrogens is 3. The van der Waals surface area contributed by atoms with Crippen molar-refractivity contribution in [2.45, 2.75) is 45.3 Å². The summed E-state index contributed by atoms with van der Waals surface area (Å²) in [6, 6.07) is 5.00. The van der Waals surface area contributed by atoms with Crippen LogP contribution in [-0.2, 0) is 6.54 Å². The van der Waals surface area contributed by atoms with E-state index < -0.39 is 0 Å². The summed E-state index contributed by atoms with van der Waals surface area (Å²) in [4.78, 5) is 2.51. The van der Waals surface area contributed by atoms with Gasteiger partial charge in [-0.3, -0.25) is 9.30 Å². The molecule has 5 heteroatoms. The third kappa shape index (κ3) is 2.13. The van der Waals surface area contributed by atoms with E-state index in [-0.39, 0.29) is 0 Å². The zero-order valence-corrected chi connectivity index (χ0v) is 11.6. The zero-order valence-electron chi connectivity index (χ0n) is 11.6. The zero-order chi connectivity index (χ0) is 13.4. The van der Waals surface area contributed by atoms with Gasteiger partial charge in [-0.1, -0.05) is 0 Å². The lowest BCUT2D eigenvalue weighted by Crippen LogP contribution is -2.31. The maximum absolute atomic E-state index is 5.67. The van der Waals surface area contributed by atoms with Crippen LogP contribution in [0.2, 0.25) is 0 Å². The highest BCUT2D eigenvalue weighted by molar-refractivity contribution is 5.41. The average Bonchev–Trinajstić information content (AvgIpc) is 3.03. The first-order valence-electron chi connectivity index (χ1n) is 7.00. The monoisotopic (exact) mass is 259 g/mol. The number of hydrogen-bond donors (Lipinski definition) is 1. The SMILES string of the molecule is CC(C)N1CCCC1c1nnc2cc(CN)ccn12. The fraction of sp³-hybridized carbons (Fsp3) is 0.571. The molecule has 3 rings (SSSR count). The Morgan fingerprint density at radius 3 is 3.00 bits per heavy atom. The largest absolute Gasteiger partial charge is 0.326 e. The van der Waals surface area contributed by atoms with Gasteiger partial charge in [-0.05, 0) is 50.9 Å². The predicted molar refractivity (Wildman–Crippen MR) is 74.7 cm³/mol. The summed E-state index contributed by atoms with van der Waals surface area (Å²) in [7, 11) is 0. The van der Waals surface area contributed by atoms with E-state index in [1.54, 1.807) is 0 Å². The lowest BCUT2D eigenvalue weighted by Gasteiger charge is -2.26. The minimum absolute atomic E-state index is 0.388. The van der Waals surface area contributed by atoms with Gasteiger partial charge >= 0.3 is 0 Å². The molecule has 0 spiro atoms. The second-order valence-corrected chi connectivity index (χ2v) is 5.52. The Labute approximate surface area is 113 Å². The van der Waals surface area contributed by atoms with Gasteiger partial charge in [0.2, 0.25) is 0 Å². The second kappa shape index (κ2) is 4.90. The van der Waals surface area contributed by atoms with Gasteiger partial charge in [-0.25, -0.2) is 0 Å². The first-order valence-corrected chi connectivity index (χ1v) is 7.00. The van der Waals surface area contributed by atoms with E-state index >= 15 is 0 Å². The lowest BCUT2D eigenvalue weighted by molar-refractivity contribution is 0.197. The maximum atomic E-state index is 5.67. The van der Waals surface area contributed by atoms with Crippen molar-refractivity contribution in [3.05, 3.63) is 29.7 Å². The van der Waals surface area contributed by atoms with E-state index in [0.29, 0.717) is 18.6 Å². The van der Waals surface area contributed by atoms with E-state index in [0.717, 1.165) is 30.0 Å². The van der Waals surface area contributed by atoms with Crippen LogP contribution in [0.5, 0.6) is 0 Å². The molecule has 2 aromatic rings. The van der Waals surface area contributed by atoms with Crippen LogP contribution in [-0.4, -0.2) is 32.1 Å². The van der Waals surface area contributed by atoms with Crippen molar-refractivity contribution in [3.63, 3.8) is 0 Å². The maximum Gasteiger partial charge on any atom is 0.161 e. The van der Waals surface area contributed by atoms with Crippen LogP contribution in [0, 0.1) is 0 Å². The molecular weight excluding hydrogens is 238 g/mol. The molecule has 0 amide bonds. The Morgan fingerprint density at radius 1 is 1.42 bits per heavy atom. The molecule has 102 valence electrons. The molecule has 0 aliphatic carbocycles. The van der Waals surface area contributed by atoms with E-state index in [2.05, 4.69) is 39.4 Å². The van der Waals surface area contributed by atoms with Crippen LogP contribution in [0.1, 0.15) is 44.1 Å². The molecule has 0 radical (unpaired) electrons. The summed E-state index contributed by atoms with van der Waals surface area (Å²) < 4.78 is 2.10. The topological polar surface area (TPSA) is 59.5 Å². The molecule has 1 fully saturated rings. The molecule has 19 heavy (non-hydrogen) atoms. The van der Waals surface area contributed by atoms with E-state index in [9.17, 15) is 0 Å². The number of rotatable bonds is 3. The molecule has 1 saturated heterocycles. The number of pyridine rings is 1. The Kier molecular flexibility index (Phi) is 3.24. The van der Waals surface area contributed by atoms with E-state index in [4.69, 9.17) is 5.73 Å². The van der Waals surface area contributed by atoms with Crippen molar-refractivity contribution in [1.29, 1.82) is 0 Å². The normalized spacial score (nSPS) is 20.7. The molecule has 5 nitrogen and oxygen atoms in total. The van der Waals surface area contributed by atoms with Crippen molar-refractivity contribution in [1.82, 2.24) is 19.5 Å². The number of fused-ring (bicyclic) bond motifs is 1. The van der Waals surface area contributed by atoms with Crippen molar-refractivity contribution >= 4 is 5.65 Å². The molecule has 3 heterocycles. The van der Waals surface area contributed by atoms with Crippen LogP contribution < -0.4 is 5.73 Å². The van der Waals surface area contributed by atoms with Crippen molar-refractivity contribution < 1.29 is 0 Å². The highest BCUT2D eigenvalue weighted by atomic mass is 15.3. The summed E-state index contributed by atoms with van der Waals surface area (Å²) in [6.45, 7) is 6.18. The molecule has 1 aliphatic rings. The first-order chi connectivity index (χ1) is 9.20. The van der Waals surface area contributed by atoms with Gasteiger partial charge in [0.15, 0.2) is 11.5 Å². The Hall–Kier alpha value is -1.46. The highest BCUT2D eigenvalue weighted by Gasteiger charge is 2.31. The van der Waals surface area contributed by atoms with Crippen molar-refractivity contribution in [2.24, 2.45) is 5.73 Å². The van der Waals surface area contributed by atoms with Crippen molar-refractivity contribution in [2.75, 3.05) is 6.54 Å². The second-order valence-electron chi connectivity index (χ2n) is 5.52.